The van der Waals surface area contributed by atoms with Crippen molar-refractivity contribution in [1.29, 1.82) is 0 Å². The van der Waals surface area contributed by atoms with Crippen LogP contribution in [0, 0.1) is 5.82 Å². The summed E-state index contributed by atoms with van der Waals surface area (Å²) >= 11 is 0. The van der Waals surface area contributed by atoms with Crippen LogP contribution in [0.4, 0.5) is 4.39 Å². The Bertz CT molecular complexity index is 1300. The van der Waals surface area contributed by atoms with Crippen molar-refractivity contribution < 1.29 is 28.2 Å². The molecule has 3 heterocycles. The van der Waals surface area contributed by atoms with Crippen molar-refractivity contribution in [3.63, 3.8) is 0 Å². The Labute approximate surface area is 200 Å². The first kappa shape index (κ1) is 24.3. The average Bonchev–Trinajstić information content (AvgIpc) is 3.19. The SMILES string of the molecule is CC(C)(C)OCCNC(=O)c1cc(C(=O)NCc2ccc3c(c2)CC(=O)CO3)nc2c(F)cnn12. The third-order valence-corrected chi connectivity index (χ3v) is 5.17. The highest BCUT2D eigenvalue weighted by molar-refractivity contribution is 5.98. The van der Waals surface area contributed by atoms with E-state index in [-0.39, 0.29) is 61.1 Å². The van der Waals surface area contributed by atoms with Gasteiger partial charge in [0.05, 0.1) is 18.4 Å². The number of benzene rings is 1. The standard InChI is InChI=1S/C24H26FN5O5/c1-24(2,3)35-7-6-26-23(33)19-10-18(29-21-17(25)12-28-30(19)21)22(32)27-11-14-4-5-20-15(8-14)9-16(31)13-34-20/h4-5,8,10,12H,6-7,9,11,13H2,1-3H3,(H,26,33)(H,27,32). The molecule has 2 aromatic heterocycles. The number of hydrogen-bond donors (Lipinski definition) is 2. The third kappa shape index (κ3) is 5.80. The van der Waals surface area contributed by atoms with E-state index in [0.717, 1.165) is 21.8 Å². The van der Waals surface area contributed by atoms with E-state index in [9.17, 15) is 18.8 Å². The zero-order valence-electron chi connectivity index (χ0n) is 19.7. The van der Waals surface area contributed by atoms with Crippen LogP contribution < -0.4 is 15.4 Å². The molecule has 10 nitrogen and oxygen atoms in total. The van der Waals surface area contributed by atoms with Crippen LogP contribution in [0.5, 0.6) is 5.75 Å². The lowest BCUT2D eigenvalue weighted by Gasteiger charge is -2.19. The summed E-state index contributed by atoms with van der Waals surface area (Å²) in [5.74, 6) is -1.28. The van der Waals surface area contributed by atoms with Crippen molar-refractivity contribution in [2.24, 2.45) is 0 Å². The van der Waals surface area contributed by atoms with Crippen LogP contribution >= 0.6 is 0 Å². The molecule has 1 aromatic carbocycles. The monoisotopic (exact) mass is 483 g/mol. The zero-order valence-corrected chi connectivity index (χ0v) is 19.7. The summed E-state index contributed by atoms with van der Waals surface area (Å²) in [7, 11) is 0. The molecule has 0 radical (unpaired) electrons. The molecule has 2 amide bonds. The Morgan fingerprint density at radius 2 is 2.00 bits per heavy atom. The number of ether oxygens (including phenoxy) is 2. The lowest BCUT2D eigenvalue weighted by molar-refractivity contribution is -0.121. The summed E-state index contributed by atoms with van der Waals surface area (Å²) in [5, 5.41) is 9.26. The van der Waals surface area contributed by atoms with Crippen LogP contribution in [-0.2, 0) is 22.5 Å². The van der Waals surface area contributed by atoms with Gasteiger partial charge in [-0.1, -0.05) is 6.07 Å². The highest BCUT2D eigenvalue weighted by Crippen LogP contribution is 2.24. The minimum Gasteiger partial charge on any atom is -0.486 e. The molecule has 1 aliphatic heterocycles. The van der Waals surface area contributed by atoms with Gasteiger partial charge in [0.2, 0.25) is 0 Å². The van der Waals surface area contributed by atoms with Crippen molar-refractivity contribution in [2.45, 2.75) is 39.3 Å². The molecule has 0 unspecified atom stereocenters. The van der Waals surface area contributed by atoms with Crippen LogP contribution in [0.2, 0.25) is 0 Å². The van der Waals surface area contributed by atoms with E-state index in [0.29, 0.717) is 5.75 Å². The Balaban J connectivity index is 1.48. The smallest absolute Gasteiger partial charge is 0.270 e. The van der Waals surface area contributed by atoms with Gasteiger partial charge in [-0.05, 0) is 38.5 Å². The molecule has 4 rings (SSSR count). The number of halogens is 1. The molecular weight excluding hydrogens is 457 g/mol. The molecule has 0 saturated carbocycles. The molecule has 0 atom stereocenters. The molecule has 0 aliphatic carbocycles. The highest BCUT2D eigenvalue weighted by atomic mass is 19.1. The van der Waals surface area contributed by atoms with Gasteiger partial charge in [-0.25, -0.2) is 13.9 Å². The minimum absolute atomic E-state index is 0.0187. The van der Waals surface area contributed by atoms with Gasteiger partial charge < -0.3 is 20.1 Å². The number of fused-ring (bicyclic) bond motifs is 2. The zero-order chi connectivity index (χ0) is 25.2. The number of carbonyl (C=O) groups is 3. The molecule has 11 heteroatoms. The summed E-state index contributed by atoms with van der Waals surface area (Å²) in [4.78, 5) is 41.3. The highest BCUT2D eigenvalue weighted by Gasteiger charge is 2.21. The van der Waals surface area contributed by atoms with Crippen molar-refractivity contribution in [3.05, 3.63) is 58.8 Å². The fraction of sp³-hybridized carbons (Fsp3) is 0.375. The van der Waals surface area contributed by atoms with Crippen molar-refractivity contribution >= 4 is 23.2 Å². The maximum absolute atomic E-state index is 14.2. The van der Waals surface area contributed by atoms with Gasteiger partial charge in [0, 0.05) is 31.1 Å². The lowest BCUT2D eigenvalue weighted by Crippen LogP contribution is -2.32. The maximum Gasteiger partial charge on any atom is 0.270 e. The number of nitrogens with zero attached hydrogens (tertiary/aromatic N) is 3. The molecule has 0 fully saturated rings. The van der Waals surface area contributed by atoms with Crippen molar-refractivity contribution in [3.8, 4) is 5.75 Å². The Morgan fingerprint density at radius 3 is 2.77 bits per heavy atom. The topological polar surface area (TPSA) is 124 Å². The van der Waals surface area contributed by atoms with Gasteiger partial charge in [0.25, 0.3) is 11.8 Å². The molecule has 0 saturated heterocycles. The van der Waals surface area contributed by atoms with Crippen LogP contribution in [0.1, 0.15) is 52.9 Å². The van der Waals surface area contributed by atoms with E-state index in [1.807, 2.05) is 20.8 Å². The number of nitrogens with one attached hydrogen (secondary N) is 2. The Morgan fingerprint density at radius 1 is 1.20 bits per heavy atom. The third-order valence-electron chi connectivity index (χ3n) is 5.17. The molecule has 3 aromatic rings. The van der Waals surface area contributed by atoms with Crippen LogP contribution in [-0.4, -0.2) is 57.6 Å². The minimum atomic E-state index is -0.760. The first-order valence-electron chi connectivity index (χ1n) is 11.1. The second kappa shape index (κ2) is 9.79. The largest absolute Gasteiger partial charge is 0.486 e. The van der Waals surface area contributed by atoms with E-state index in [4.69, 9.17) is 9.47 Å². The van der Waals surface area contributed by atoms with Gasteiger partial charge in [-0.15, -0.1) is 0 Å². The van der Waals surface area contributed by atoms with E-state index in [1.54, 1.807) is 18.2 Å². The molecule has 184 valence electrons. The maximum atomic E-state index is 14.2. The summed E-state index contributed by atoms with van der Waals surface area (Å²) in [6, 6.07) is 6.58. The second-order valence-corrected chi connectivity index (χ2v) is 9.10. The van der Waals surface area contributed by atoms with Crippen molar-refractivity contribution in [2.75, 3.05) is 19.8 Å². The van der Waals surface area contributed by atoms with Gasteiger partial charge in [0.1, 0.15) is 23.7 Å². The van der Waals surface area contributed by atoms with E-state index < -0.39 is 17.6 Å². The first-order valence-corrected chi connectivity index (χ1v) is 11.1. The number of aromatic nitrogens is 3. The average molecular weight is 484 g/mol. The van der Waals surface area contributed by atoms with Gasteiger partial charge in [-0.3, -0.25) is 14.4 Å². The number of hydrogen-bond acceptors (Lipinski definition) is 7. The van der Waals surface area contributed by atoms with Gasteiger partial charge >= 0.3 is 0 Å². The Hall–Kier alpha value is -3.86. The number of amides is 2. The van der Waals surface area contributed by atoms with Crippen LogP contribution in [0.3, 0.4) is 0 Å². The van der Waals surface area contributed by atoms with Crippen LogP contribution in [0.25, 0.3) is 5.65 Å². The van der Waals surface area contributed by atoms with E-state index in [1.165, 1.54) is 6.07 Å². The predicted octanol–water partition coefficient (Wildman–Crippen LogP) is 1.85. The summed E-state index contributed by atoms with van der Waals surface area (Å²) in [6.07, 6.45) is 1.20. The first-order chi connectivity index (χ1) is 16.6. The van der Waals surface area contributed by atoms with Crippen molar-refractivity contribution in [1.82, 2.24) is 25.2 Å². The fourth-order valence-corrected chi connectivity index (χ4v) is 3.54. The normalized spacial score (nSPS) is 13.3. The number of ketones is 1. The molecule has 1 aliphatic rings. The van der Waals surface area contributed by atoms with E-state index in [2.05, 4.69) is 20.7 Å². The number of rotatable bonds is 7. The second-order valence-electron chi connectivity index (χ2n) is 9.10. The summed E-state index contributed by atoms with van der Waals surface area (Å²) in [6.45, 7) is 6.39. The molecule has 35 heavy (non-hydrogen) atoms. The number of Topliss-reactive ketones (excluding diaryl/α,β-unsaturated/α-hetero) is 1. The molecule has 2 N–H and O–H groups in total. The van der Waals surface area contributed by atoms with E-state index >= 15 is 0 Å². The quantitative estimate of drug-likeness (QED) is 0.492. The van der Waals surface area contributed by atoms with Crippen LogP contribution in [0.15, 0.2) is 30.5 Å². The van der Waals surface area contributed by atoms with Gasteiger partial charge in [0.15, 0.2) is 17.2 Å². The summed E-state index contributed by atoms with van der Waals surface area (Å²) < 4.78 is 26.3. The molecule has 0 bridgehead atoms. The molecular formula is C24H26FN5O5. The van der Waals surface area contributed by atoms with Gasteiger partial charge in [-0.2, -0.15) is 5.10 Å². The fourth-order valence-electron chi connectivity index (χ4n) is 3.54. The summed E-state index contributed by atoms with van der Waals surface area (Å²) in [5.41, 5.74) is 0.741. The number of carbonyl (C=O) groups excluding carboxylic acids is 3. The lowest BCUT2D eigenvalue weighted by atomic mass is 10.0. The molecule has 0 spiro atoms. The Kier molecular flexibility index (Phi) is 6.79. The predicted molar refractivity (Wildman–Crippen MR) is 123 cm³/mol.